The summed E-state index contributed by atoms with van der Waals surface area (Å²) in [6.07, 6.45) is 2.93. The van der Waals surface area contributed by atoms with Crippen molar-refractivity contribution in [3.63, 3.8) is 0 Å². The maximum atomic E-state index is 11.7. The SMILES string of the molecule is CN(C)C(=O)CN1CCC(NC(CCO)C(C)(C)C)CC1. The Kier molecular flexibility index (Phi) is 7.10. The average molecular weight is 299 g/mol. The Labute approximate surface area is 129 Å². The van der Waals surface area contributed by atoms with Gasteiger partial charge >= 0.3 is 0 Å². The van der Waals surface area contributed by atoms with Gasteiger partial charge in [-0.1, -0.05) is 20.8 Å². The molecule has 0 spiro atoms. The summed E-state index contributed by atoms with van der Waals surface area (Å²) in [6.45, 7) is 9.33. The van der Waals surface area contributed by atoms with Crippen molar-refractivity contribution in [2.75, 3.05) is 40.3 Å². The number of nitrogens with zero attached hydrogens (tertiary/aromatic N) is 2. The second kappa shape index (κ2) is 8.11. The van der Waals surface area contributed by atoms with Gasteiger partial charge in [-0.25, -0.2) is 0 Å². The zero-order chi connectivity index (χ0) is 16.0. The number of hydrogen-bond donors (Lipinski definition) is 2. The molecule has 1 aliphatic rings. The standard InChI is InChI=1S/C16H33N3O2/c1-16(2,3)14(8-11-20)17-13-6-9-19(10-7-13)12-15(21)18(4)5/h13-14,17,20H,6-12H2,1-5H3. The number of likely N-dealkylation sites (N-methyl/N-ethyl adjacent to an activating group) is 1. The fourth-order valence-electron chi connectivity index (χ4n) is 2.77. The Bertz CT molecular complexity index is 318. The largest absolute Gasteiger partial charge is 0.396 e. The first-order valence-electron chi connectivity index (χ1n) is 8.03. The van der Waals surface area contributed by atoms with E-state index < -0.39 is 0 Å². The molecule has 1 fully saturated rings. The molecule has 1 heterocycles. The second-order valence-corrected chi connectivity index (χ2v) is 7.44. The lowest BCUT2D eigenvalue weighted by Crippen LogP contribution is -2.51. The Balaban J connectivity index is 2.40. The summed E-state index contributed by atoms with van der Waals surface area (Å²) in [6, 6.07) is 0.828. The molecule has 5 heteroatoms. The van der Waals surface area contributed by atoms with Gasteiger partial charge in [0.1, 0.15) is 0 Å². The second-order valence-electron chi connectivity index (χ2n) is 7.44. The highest BCUT2D eigenvalue weighted by Gasteiger charge is 2.28. The molecule has 1 amide bonds. The number of piperidine rings is 1. The molecule has 124 valence electrons. The van der Waals surface area contributed by atoms with Gasteiger partial charge in [-0.3, -0.25) is 9.69 Å². The number of carbonyl (C=O) groups excluding carboxylic acids is 1. The van der Waals surface area contributed by atoms with E-state index in [4.69, 9.17) is 0 Å². The lowest BCUT2D eigenvalue weighted by atomic mass is 9.84. The molecule has 0 aromatic rings. The molecule has 0 saturated carbocycles. The normalized spacial score (nSPS) is 19.5. The summed E-state index contributed by atoms with van der Waals surface area (Å²) < 4.78 is 0. The van der Waals surface area contributed by atoms with Crippen LogP contribution in [0.3, 0.4) is 0 Å². The van der Waals surface area contributed by atoms with Gasteiger partial charge in [-0.2, -0.15) is 0 Å². The first kappa shape index (κ1) is 18.4. The van der Waals surface area contributed by atoms with Crippen LogP contribution in [0.1, 0.15) is 40.0 Å². The minimum Gasteiger partial charge on any atom is -0.396 e. The van der Waals surface area contributed by atoms with Gasteiger partial charge in [0.05, 0.1) is 6.54 Å². The van der Waals surface area contributed by atoms with Crippen LogP contribution in [0.2, 0.25) is 0 Å². The topological polar surface area (TPSA) is 55.8 Å². The highest BCUT2D eigenvalue weighted by atomic mass is 16.3. The van der Waals surface area contributed by atoms with E-state index in [0.717, 1.165) is 32.4 Å². The van der Waals surface area contributed by atoms with E-state index in [1.165, 1.54) is 0 Å². The van der Waals surface area contributed by atoms with Gasteiger partial charge in [0, 0.05) is 45.9 Å². The molecule has 0 aliphatic carbocycles. The number of aliphatic hydroxyl groups is 1. The molecule has 1 atom stereocenters. The number of aliphatic hydroxyl groups excluding tert-OH is 1. The third-order valence-electron chi connectivity index (χ3n) is 4.35. The smallest absolute Gasteiger partial charge is 0.236 e. The Morgan fingerprint density at radius 1 is 1.33 bits per heavy atom. The van der Waals surface area contributed by atoms with Gasteiger partial charge in [0.25, 0.3) is 0 Å². The number of nitrogens with one attached hydrogen (secondary N) is 1. The van der Waals surface area contributed by atoms with E-state index in [0.29, 0.717) is 18.6 Å². The van der Waals surface area contributed by atoms with Crippen LogP contribution in [0.15, 0.2) is 0 Å². The molecule has 21 heavy (non-hydrogen) atoms. The molecule has 1 saturated heterocycles. The van der Waals surface area contributed by atoms with Crippen molar-refractivity contribution in [3.8, 4) is 0 Å². The highest BCUT2D eigenvalue weighted by Crippen LogP contribution is 2.23. The van der Waals surface area contributed by atoms with Crippen molar-refractivity contribution >= 4 is 5.91 Å². The fraction of sp³-hybridized carbons (Fsp3) is 0.938. The average Bonchev–Trinajstić information content (AvgIpc) is 2.39. The molecule has 0 aromatic heterocycles. The van der Waals surface area contributed by atoms with Crippen LogP contribution in [0, 0.1) is 5.41 Å². The van der Waals surface area contributed by atoms with Gasteiger partial charge in [0.2, 0.25) is 5.91 Å². The van der Waals surface area contributed by atoms with Gasteiger partial charge in [-0.05, 0) is 24.7 Å². The summed E-state index contributed by atoms with van der Waals surface area (Å²) in [5.74, 6) is 0.175. The van der Waals surface area contributed by atoms with Crippen LogP contribution in [0.25, 0.3) is 0 Å². The summed E-state index contributed by atoms with van der Waals surface area (Å²) in [5, 5.41) is 12.9. The predicted octanol–water partition coefficient (Wildman–Crippen LogP) is 0.926. The third-order valence-corrected chi connectivity index (χ3v) is 4.35. The van der Waals surface area contributed by atoms with Gasteiger partial charge in [-0.15, -0.1) is 0 Å². The van der Waals surface area contributed by atoms with E-state index in [9.17, 15) is 9.90 Å². The Morgan fingerprint density at radius 3 is 2.33 bits per heavy atom. The highest BCUT2D eigenvalue weighted by molar-refractivity contribution is 5.77. The summed E-state index contributed by atoms with van der Waals surface area (Å²) >= 11 is 0. The summed E-state index contributed by atoms with van der Waals surface area (Å²) in [4.78, 5) is 15.6. The van der Waals surface area contributed by atoms with Crippen molar-refractivity contribution in [1.82, 2.24) is 15.1 Å². The van der Waals surface area contributed by atoms with Crippen LogP contribution in [-0.4, -0.2) is 73.2 Å². The van der Waals surface area contributed by atoms with E-state index in [-0.39, 0.29) is 17.9 Å². The van der Waals surface area contributed by atoms with Crippen LogP contribution in [-0.2, 0) is 4.79 Å². The molecule has 1 aliphatic heterocycles. The van der Waals surface area contributed by atoms with Crippen molar-refractivity contribution < 1.29 is 9.90 Å². The lowest BCUT2D eigenvalue weighted by Gasteiger charge is -2.38. The van der Waals surface area contributed by atoms with E-state index in [1.54, 1.807) is 19.0 Å². The van der Waals surface area contributed by atoms with Gasteiger partial charge < -0.3 is 15.3 Å². The monoisotopic (exact) mass is 299 g/mol. The molecule has 0 aromatic carbocycles. The molecule has 0 radical (unpaired) electrons. The summed E-state index contributed by atoms with van der Waals surface area (Å²) in [7, 11) is 3.61. The van der Waals surface area contributed by atoms with Crippen molar-refractivity contribution in [3.05, 3.63) is 0 Å². The number of likely N-dealkylation sites (tertiary alicyclic amines) is 1. The molecule has 0 bridgehead atoms. The minimum absolute atomic E-state index is 0.154. The zero-order valence-electron chi connectivity index (χ0n) is 14.4. The first-order chi connectivity index (χ1) is 9.74. The maximum absolute atomic E-state index is 11.7. The maximum Gasteiger partial charge on any atom is 0.236 e. The van der Waals surface area contributed by atoms with Crippen LogP contribution < -0.4 is 5.32 Å². The van der Waals surface area contributed by atoms with Gasteiger partial charge in [0.15, 0.2) is 0 Å². The van der Waals surface area contributed by atoms with Crippen molar-refractivity contribution in [1.29, 1.82) is 0 Å². The molecule has 1 rings (SSSR count). The van der Waals surface area contributed by atoms with Crippen molar-refractivity contribution in [2.45, 2.75) is 52.1 Å². The first-order valence-corrected chi connectivity index (χ1v) is 8.03. The zero-order valence-corrected chi connectivity index (χ0v) is 14.4. The van der Waals surface area contributed by atoms with Crippen LogP contribution >= 0.6 is 0 Å². The molecule has 5 nitrogen and oxygen atoms in total. The number of amides is 1. The Hall–Kier alpha value is -0.650. The van der Waals surface area contributed by atoms with Crippen LogP contribution in [0.4, 0.5) is 0 Å². The predicted molar refractivity (Wildman–Crippen MR) is 86.2 cm³/mol. The fourth-order valence-corrected chi connectivity index (χ4v) is 2.77. The minimum atomic E-state index is 0.154. The quantitative estimate of drug-likeness (QED) is 0.766. The molecule has 1 unspecified atom stereocenters. The molecular weight excluding hydrogens is 266 g/mol. The van der Waals surface area contributed by atoms with Crippen LogP contribution in [0.5, 0.6) is 0 Å². The van der Waals surface area contributed by atoms with E-state index >= 15 is 0 Å². The lowest BCUT2D eigenvalue weighted by molar-refractivity contribution is -0.130. The third kappa shape index (κ3) is 6.32. The number of hydrogen-bond acceptors (Lipinski definition) is 4. The van der Waals surface area contributed by atoms with Crippen molar-refractivity contribution in [2.24, 2.45) is 5.41 Å². The number of rotatable bonds is 6. The van der Waals surface area contributed by atoms with E-state index in [1.807, 2.05) is 0 Å². The summed E-state index contributed by atoms with van der Waals surface area (Å²) in [5.41, 5.74) is 0.154. The number of carbonyl (C=O) groups is 1. The molecule has 2 N–H and O–H groups in total. The molecular formula is C16H33N3O2. The van der Waals surface area contributed by atoms with E-state index in [2.05, 4.69) is 31.0 Å². The Morgan fingerprint density at radius 2 is 1.90 bits per heavy atom.